The van der Waals surface area contributed by atoms with Gasteiger partial charge in [0.25, 0.3) is 0 Å². The predicted octanol–water partition coefficient (Wildman–Crippen LogP) is -0.463. The number of thioether (sulfide) groups is 1. The van der Waals surface area contributed by atoms with Crippen LogP contribution in [0.2, 0.25) is 0 Å². The molecule has 0 aliphatic heterocycles. The molecule has 0 fully saturated rings. The van der Waals surface area contributed by atoms with Crippen LogP contribution >= 0.6 is 11.8 Å². The van der Waals surface area contributed by atoms with Crippen molar-refractivity contribution in [2.24, 2.45) is 11.7 Å². The van der Waals surface area contributed by atoms with Crippen molar-refractivity contribution in [3.05, 3.63) is 0 Å². The van der Waals surface area contributed by atoms with Crippen molar-refractivity contribution in [1.82, 2.24) is 16.0 Å². The van der Waals surface area contributed by atoms with Gasteiger partial charge in [-0.15, -0.1) is 0 Å². The first-order valence-corrected chi connectivity index (χ1v) is 11.4. The van der Waals surface area contributed by atoms with Gasteiger partial charge in [0.2, 0.25) is 17.7 Å². The summed E-state index contributed by atoms with van der Waals surface area (Å²) in [6, 6.07) is -4.18. The molecule has 11 nitrogen and oxygen atoms in total. The summed E-state index contributed by atoms with van der Waals surface area (Å²) in [5.74, 6) is -3.81. The molecule has 178 valence electrons. The number of nitrogens with one attached hydrogen (secondary N) is 3. The molecule has 0 aromatic rings. The highest BCUT2D eigenvalue weighted by atomic mass is 32.2. The summed E-state index contributed by atoms with van der Waals surface area (Å²) in [5.41, 5.74) is 5.56. The molecule has 0 aromatic heterocycles. The molecule has 31 heavy (non-hydrogen) atoms. The van der Waals surface area contributed by atoms with E-state index in [-0.39, 0.29) is 18.8 Å². The zero-order valence-corrected chi connectivity index (χ0v) is 19.2. The number of nitrogens with two attached hydrogens (primary N) is 1. The normalized spacial score (nSPS) is 14.8. The van der Waals surface area contributed by atoms with Crippen LogP contribution in [0.1, 0.15) is 46.5 Å². The van der Waals surface area contributed by atoms with Crippen LogP contribution in [0, 0.1) is 5.92 Å². The number of amides is 3. The molecule has 0 radical (unpaired) electrons. The van der Waals surface area contributed by atoms with E-state index in [0.717, 1.165) is 0 Å². The second kappa shape index (κ2) is 14.6. The van der Waals surface area contributed by atoms with Crippen molar-refractivity contribution >= 4 is 41.4 Å². The van der Waals surface area contributed by atoms with Crippen molar-refractivity contribution in [2.45, 2.75) is 70.6 Å². The van der Waals surface area contributed by atoms with Gasteiger partial charge in [0, 0.05) is 6.42 Å². The summed E-state index contributed by atoms with van der Waals surface area (Å²) in [6.07, 6.45) is 1.63. The lowest BCUT2D eigenvalue weighted by atomic mass is 10.0. The number of aliphatic carboxylic acids is 2. The molecule has 12 heteroatoms. The molecular weight excluding hydrogens is 428 g/mol. The number of hydrogen-bond acceptors (Lipinski definition) is 7. The SMILES string of the molecule is CSCCC(NC(=O)C(CC(C)C)NC(=O)C(C)N)C(=O)NC(CCC(=O)O)C(=O)O. The molecule has 0 aromatic carbocycles. The third-order valence-corrected chi connectivity index (χ3v) is 4.90. The Morgan fingerprint density at radius 3 is 1.81 bits per heavy atom. The first-order chi connectivity index (χ1) is 14.4. The van der Waals surface area contributed by atoms with Gasteiger partial charge >= 0.3 is 11.9 Å². The Morgan fingerprint density at radius 2 is 1.35 bits per heavy atom. The predicted molar refractivity (Wildman–Crippen MR) is 116 cm³/mol. The smallest absolute Gasteiger partial charge is 0.326 e. The van der Waals surface area contributed by atoms with Gasteiger partial charge in [0.05, 0.1) is 6.04 Å². The van der Waals surface area contributed by atoms with E-state index < -0.39 is 60.2 Å². The largest absolute Gasteiger partial charge is 0.481 e. The molecule has 0 rings (SSSR count). The molecular formula is C19H34N4O7S. The van der Waals surface area contributed by atoms with Crippen molar-refractivity contribution in [1.29, 1.82) is 0 Å². The lowest BCUT2D eigenvalue weighted by Gasteiger charge is -2.25. The minimum absolute atomic E-state index is 0.0648. The minimum Gasteiger partial charge on any atom is -0.481 e. The maximum atomic E-state index is 12.8. The number of carbonyl (C=O) groups excluding carboxylic acids is 3. The summed E-state index contributed by atoms with van der Waals surface area (Å²) in [6.45, 7) is 5.23. The lowest BCUT2D eigenvalue weighted by molar-refractivity contribution is -0.143. The minimum atomic E-state index is -1.40. The highest BCUT2D eigenvalue weighted by molar-refractivity contribution is 7.98. The number of rotatable bonds is 15. The van der Waals surface area contributed by atoms with Gasteiger partial charge < -0.3 is 31.9 Å². The van der Waals surface area contributed by atoms with Crippen LogP contribution in [0.25, 0.3) is 0 Å². The third-order valence-electron chi connectivity index (χ3n) is 4.26. The van der Waals surface area contributed by atoms with Crippen LogP contribution in [-0.4, -0.2) is 76.0 Å². The van der Waals surface area contributed by atoms with Crippen molar-refractivity contribution in [3.63, 3.8) is 0 Å². The molecule has 0 aliphatic carbocycles. The van der Waals surface area contributed by atoms with Crippen LogP contribution in [0.15, 0.2) is 0 Å². The van der Waals surface area contributed by atoms with Gasteiger partial charge in [0.15, 0.2) is 0 Å². The van der Waals surface area contributed by atoms with Crippen LogP contribution in [0.4, 0.5) is 0 Å². The fourth-order valence-electron chi connectivity index (χ4n) is 2.58. The molecule has 4 atom stereocenters. The summed E-state index contributed by atoms with van der Waals surface area (Å²) in [5, 5.41) is 25.5. The Labute approximate surface area is 186 Å². The average molecular weight is 463 g/mol. The Hall–Kier alpha value is -2.34. The fourth-order valence-corrected chi connectivity index (χ4v) is 3.05. The van der Waals surface area contributed by atoms with E-state index in [2.05, 4.69) is 16.0 Å². The van der Waals surface area contributed by atoms with E-state index in [0.29, 0.717) is 12.2 Å². The van der Waals surface area contributed by atoms with Crippen LogP contribution in [0.3, 0.4) is 0 Å². The van der Waals surface area contributed by atoms with Gasteiger partial charge in [-0.1, -0.05) is 13.8 Å². The molecule has 4 unspecified atom stereocenters. The summed E-state index contributed by atoms with van der Waals surface area (Å²) >= 11 is 1.44. The number of carboxylic acids is 2. The van der Waals surface area contributed by atoms with Gasteiger partial charge in [-0.05, 0) is 44.1 Å². The molecule has 3 amide bonds. The molecule has 0 spiro atoms. The van der Waals surface area contributed by atoms with E-state index in [9.17, 15) is 29.1 Å². The Balaban J connectivity index is 5.37. The van der Waals surface area contributed by atoms with Gasteiger partial charge in [-0.25, -0.2) is 4.79 Å². The fraction of sp³-hybridized carbons (Fsp3) is 0.737. The summed E-state index contributed by atoms with van der Waals surface area (Å²) in [7, 11) is 0. The second-order valence-corrected chi connectivity index (χ2v) is 8.64. The van der Waals surface area contributed by atoms with E-state index in [1.54, 1.807) is 0 Å². The molecule has 7 N–H and O–H groups in total. The van der Waals surface area contributed by atoms with Crippen LogP contribution in [-0.2, 0) is 24.0 Å². The van der Waals surface area contributed by atoms with Crippen molar-refractivity contribution in [3.8, 4) is 0 Å². The van der Waals surface area contributed by atoms with Gasteiger partial charge in [0.1, 0.15) is 18.1 Å². The van der Waals surface area contributed by atoms with Crippen LogP contribution in [0.5, 0.6) is 0 Å². The zero-order valence-electron chi connectivity index (χ0n) is 18.3. The Morgan fingerprint density at radius 1 is 0.839 bits per heavy atom. The zero-order chi connectivity index (χ0) is 24.1. The Kier molecular flexibility index (Phi) is 13.5. The number of carboxylic acid groups (broad SMARTS) is 2. The number of carbonyl (C=O) groups is 5. The number of hydrogen-bond donors (Lipinski definition) is 6. The summed E-state index contributed by atoms with van der Waals surface area (Å²) < 4.78 is 0. The first-order valence-electron chi connectivity index (χ1n) is 9.99. The van der Waals surface area contributed by atoms with E-state index in [4.69, 9.17) is 10.8 Å². The molecule has 0 bridgehead atoms. The van der Waals surface area contributed by atoms with E-state index in [1.807, 2.05) is 20.1 Å². The average Bonchev–Trinajstić information content (AvgIpc) is 2.66. The monoisotopic (exact) mass is 462 g/mol. The lowest BCUT2D eigenvalue weighted by Crippen LogP contribution is -2.57. The van der Waals surface area contributed by atoms with Crippen LogP contribution < -0.4 is 21.7 Å². The maximum absolute atomic E-state index is 12.8. The van der Waals surface area contributed by atoms with Crippen molar-refractivity contribution < 1.29 is 34.2 Å². The summed E-state index contributed by atoms with van der Waals surface area (Å²) in [4.78, 5) is 59.5. The standard InChI is InChI=1S/C19H34N4O7S/c1-10(2)9-14(23-16(26)11(3)20)18(28)21-12(7-8-31-4)17(27)22-13(19(29)30)5-6-15(24)25/h10-14H,5-9,20H2,1-4H3,(H,21,28)(H,22,27)(H,23,26)(H,24,25)(H,29,30). The quantitative estimate of drug-likeness (QED) is 0.187. The maximum Gasteiger partial charge on any atom is 0.326 e. The highest BCUT2D eigenvalue weighted by Crippen LogP contribution is 2.08. The molecule has 0 saturated carbocycles. The van der Waals surface area contributed by atoms with E-state index in [1.165, 1.54) is 18.7 Å². The van der Waals surface area contributed by atoms with Crippen molar-refractivity contribution in [2.75, 3.05) is 12.0 Å². The highest BCUT2D eigenvalue weighted by Gasteiger charge is 2.30. The van der Waals surface area contributed by atoms with Gasteiger partial charge in [-0.3, -0.25) is 19.2 Å². The second-order valence-electron chi connectivity index (χ2n) is 7.65. The molecule has 0 saturated heterocycles. The first kappa shape index (κ1) is 28.7. The molecule has 0 aliphatic rings. The molecule has 0 heterocycles. The topological polar surface area (TPSA) is 188 Å². The Bertz CT molecular complexity index is 643. The van der Waals surface area contributed by atoms with Gasteiger partial charge in [-0.2, -0.15) is 11.8 Å². The third kappa shape index (κ3) is 12.2. The van der Waals surface area contributed by atoms with E-state index >= 15 is 0 Å².